The summed E-state index contributed by atoms with van der Waals surface area (Å²) in [6, 6.07) is 3.28. The van der Waals surface area contributed by atoms with E-state index in [1.807, 2.05) is 0 Å². The minimum atomic E-state index is 0.158. The van der Waals surface area contributed by atoms with Gasteiger partial charge in [0.2, 0.25) is 0 Å². The monoisotopic (exact) mass is 161 g/mol. The number of rotatable bonds is 1. The van der Waals surface area contributed by atoms with Gasteiger partial charge in [-0.25, -0.2) is 9.97 Å². The third-order valence-corrected chi connectivity index (χ3v) is 1.49. The Bertz CT molecular complexity index is 352. The zero-order valence-electron chi connectivity index (χ0n) is 6.23. The second kappa shape index (κ2) is 2.65. The Morgan fingerprint density at radius 1 is 1.25 bits per heavy atom. The number of imidazole rings is 1. The Morgan fingerprint density at radius 2 is 2.17 bits per heavy atom. The Kier molecular flexibility index (Phi) is 1.51. The summed E-state index contributed by atoms with van der Waals surface area (Å²) in [4.78, 5) is 10.9. The molecule has 2 aromatic heterocycles. The molecule has 0 atom stereocenters. The van der Waals surface area contributed by atoms with Crippen molar-refractivity contribution in [3.8, 4) is 17.3 Å². The molecule has 0 amide bonds. The first-order valence-electron chi connectivity index (χ1n) is 3.51. The van der Waals surface area contributed by atoms with E-state index in [1.54, 1.807) is 24.5 Å². The molecule has 0 aliphatic rings. The molecular formula is C8H7N3O. The molecule has 2 aromatic rings. The van der Waals surface area contributed by atoms with Crippen molar-refractivity contribution >= 4 is 0 Å². The van der Waals surface area contributed by atoms with Crippen LogP contribution in [0.4, 0.5) is 0 Å². The number of nitrogens with zero attached hydrogens (tertiary/aromatic N) is 2. The molecule has 0 fully saturated rings. The van der Waals surface area contributed by atoms with Crippen molar-refractivity contribution in [3.63, 3.8) is 0 Å². The van der Waals surface area contributed by atoms with E-state index in [0.717, 1.165) is 5.69 Å². The van der Waals surface area contributed by atoms with Crippen LogP contribution in [-0.4, -0.2) is 20.1 Å². The number of aromatic hydroxyl groups is 1. The summed E-state index contributed by atoms with van der Waals surface area (Å²) in [6.07, 6.45) is 4.77. The molecule has 0 saturated heterocycles. The van der Waals surface area contributed by atoms with Gasteiger partial charge in [-0.2, -0.15) is 0 Å². The summed E-state index contributed by atoms with van der Waals surface area (Å²) in [5, 5.41) is 8.96. The van der Waals surface area contributed by atoms with Crippen LogP contribution in [0, 0.1) is 0 Å². The molecule has 4 nitrogen and oxygen atoms in total. The fraction of sp³-hybridized carbons (Fsp3) is 0. The van der Waals surface area contributed by atoms with E-state index in [9.17, 15) is 0 Å². The maximum atomic E-state index is 8.96. The van der Waals surface area contributed by atoms with Crippen LogP contribution in [0.25, 0.3) is 11.5 Å². The first-order valence-corrected chi connectivity index (χ1v) is 3.51. The molecular weight excluding hydrogens is 154 g/mol. The van der Waals surface area contributed by atoms with Gasteiger partial charge in [-0.05, 0) is 12.1 Å². The fourth-order valence-corrected chi connectivity index (χ4v) is 0.931. The van der Waals surface area contributed by atoms with E-state index < -0.39 is 0 Å². The van der Waals surface area contributed by atoms with Crippen molar-refractivity contribution in [2.45, 2.75) is 0 Å². The summed E-state index contributed by atoms with van der Waals surface area (Å²) in [6.45, 7) is 0. The smallest absolute Gasteiger partial charge is 0.155 e. The summed E-state index contributed by atoms with van der Waals surface area (Å²) in [7, 11) is 0. The van der Waals surface area contributed by atoms with Gasteiger partial charge in [0.15, 0.2) is 5.82 Å². The first kappa shape index (κ1) is 6.84. The summed E-state index contributed by atoms with van der Waals surface area (Å²) in [5.74, 6) is 0.861. The van der Waals surface area contributed by atoms with Gasteiger partial charge in [-0.1, -0.05) is 0 Å². The highest BCUT2D eigenvalue weighted by Crippen LogP contribution is 2.13. The van der Waals surface area contributed by atoms with Gasteiger partial charge in [-0.15, -0.1) is 0 Å². The molecule has 0 unspecified atom stereocenters. The predicted octanol–water partition coefficient (Wildman–Crippen LogP) is 1.18. The van der Waals surface area contributed by atoms with Crippen LogP contribution in [0.15, 0.2) is 30.7 Å². The number of aromatic amines is 1. The van der Waals surface area contributed by atoms with Gasteiger partial charge < -0.3 is 10.1 Å². The average Bonchev–Trinajstić information content (AvgIpc) is 2.58. The van der Waals surface area contributed by atoms with Crippen molar-refractivity contribution < 1.29 is 5.11 Å². The lowest BCUT2D eigenvalue weighted by Crippen LogP contribution is -1.83. The van der Waals surface area contributed by atoms with Crippen LogP contribution >= 0.6 is 0 Å². The zero-order valence-corrected chi connectivity index (χ0v) is 6.23. The number of hydrogen-bond acceptors (Lipinski definition) is 3. The Balaban J connectivity index is 2.43. The lowest BCUT2D eigenvalue weighted by molar-refractivity contribution is 0.473. The number of H-pyrrole nitrogens is 1. The Morgan fingerprint density at radius 3 is 2.75 bits per heavy atom. The van der Waals surface area contributed by atoms with E-state index in [2.05, 4.69) is 15.0 Å². The molecule has 0 spiro atoms. The second-order valence-electron chi connectivity index (χ2n) is 2.34. The molecule has 2 rings (SSSR count). The van der Waals surface area contributed by atoms with Gasteiger partial charge in [0.25, 0.3) is 0 Å². The highest BCUT2D eigenvalue weighted by molar-refractivity contribution is 5.49. The molecule has 2 N–H and O–H groups in total. The van der Waals surface area contributed by atoms with Crippen LogP contribution in [0.2, 0.25) is 0 Å². The van der Waals surface area contributed by atoms with E-state index in [-0.39, 0.29) is 5.75 Å². The van der Waals surface area contributed by atoms with Crippen LogP contribution in [-0.2, 0) is 0 Å². The predicted molar refractivity (Wildman–Crippen MR) is 43.5 cm³/mol. The molecule has 0 bridgehead atoms. The third-order valence-electron chi connectivity index (χ3n) is 1.49. The summed E-state index contributed by atoms with van der Waals surface area (Å²) in [5.41, 5.74) is 0.720. The Labute approximate surface area is 68.9 Å². The molecule has 2 heterocycles. The van der Waals surface area contributed by atoms with E-state index in [1.165, 1.54) is 6.20 Å². The normalized spacial score (nSPS) is 10.0. The molecule has 0 radical (unpaired) electrons. The van der Waals surface area contributed by atoms with Crippen molar-refractivity contribution in [1.29, 1.82) is 0 Å². The molecule has 60 valence electrons. The minimum absolute atomic E-state index is 0.158. The number of nitrogens with one attached hydrogen (secondary N) is 1. The maximum absolute atomic E-state index is 8.96. The van der Waals surface area contributed by atoms with Crippen molar-refractivity contribution in [2.75, 3.05) is 0 Å². The topological polar surface area (TPSA) is 61.8 Å². The number of hydrogen-bond donors (Lipinski definition) is 2. The second-order valence-corrected chi connectivity index (χ2v) is 2.34. The van der Waals surface area contributed by atoms with E-state index in [4.69, 9.17) is 5.11 Å². The first-order chi connectivity index (χ1) is 5.86. The number of pyridine rings is 1. The van der Waals surface area contributed by atoms with E-state index in [0.29, 0.717) is 5.82 Å². The number of aromatic nitrogens is 3. The third kappa shape index (κ3) is 1.14. The minimum Gasteiger partial charge on any atom is -0.506 e. The van der Waals surface area contributed by atoms with Crippen LogP contribution < -0.4 is 0 Å². The van der Waals surface area contributed by atoms with Gasteiger partial charge in [0.05, 0.1) is 6.20 Å². The highest BCUT2D eigenvalue weighted by atomic mass is 16.3. The SMILES string of the molecule is Oc1ccc(-c2ncc[nH]2)nc1. The lowest BCUT2D eigenvalue weighted by Gasteiger charge is -1.94. The highest BCUT2D eigenvalue weighted by Gasteiger charge is 1.99. The largest absolute Gasteiger partial charge is 0.506 e. The molecule has 0 aliphatic carbocycles. The lowest BCUT2D eigenvalue weighted by atomic mass is 10.3. The average molecular weight is 161 g/mol. The molecule has 12 heavy (non-hydrogen) atoms. The summed E-state index contributed by atoms with van der Waals surface area (Å²) < 4.78 is 0. The molecule has 0 aliphatic heterocycles. The Hall–Kier alpha value is -1.84. The van der Waals surface area contributed by atoms with E-state index >= 15 is 0 Å². The van der Waals surface area contributed by atoms with Crippen LogP contribution in [0.5, 0.6) is 5.75 Å². The molecule has 0 saturated carbocycles. The van der Waals surface area contributed by atoms with Gasteiger partial charge >= 0.3 is 0 Å². The zero-order chi connectivity index (χ0) is 8.39. The quantitative estimate of drug-likeness (QED) is 0.660. The maximum Gasteiger partial charge on any atom is 0.155 e. The van der Waals surface area contributed by atoms with Gasteiger partial charge in [0.1, 0.15) is 11.4 Å². The van der Waals surface area contributed by atoms with Crippen LogP contribution in [0.3, 0.4) is 0 Å². The van der Waals surface area contributed by atoms with Crippen molar-refractivity contribution in [3.05, 3.63) is 30.7 Å². The fourth-order valence-electron chi connectivity index (χ4n) is 0.931. The summed E-state index contributed by atoms with van der Waals surface area (Å²) >= 11 is 0. The standard InChI is InChI=1S/C8H7N3O/c12-6-1-2-7(11-5-6)8-9-3-4-10-8/h1-5,12H,(H,9,10). The van der Waals surface area contributed by atoms with Crippen LogP contribution in [0.1, 0.15) is 0 Å². The molecule has 0 aromatic carbocycles. The van der Waals surface area contributed by atoms with Gasteiger partial charge in [0, 0.05) is 12.4 Å². The molecule has 4 heteroatoms. The van der Waals surface area contributed by atoms with Gasteiger partial charge in [-0.3, -0.25) is 0 Å². The van der Waals surface area contributed by atoms with Crippen molar-refractivity contribution in [2.24, 2.45) is 0 Å². The van der Waals surface area contributed by atoms with Crippen molar-refractivity contribution in [1.82, 2.24) is 15.0 Å².